The molecule has 0 fully saturated rings. The lowest BCUT2D eigenvalue weighted by molar-refractivity contribution is -0.590. The van der Waals surface area contributed by atoms with Gasteiger partial charge in [0.2, 0.25) is 11.7 Å². The minimum Gasteiger partial charge on any atom is -0.542 e. The zero-order chi connectivity index (χ0) is 36.6. The molecule has 2 aliphatic rings. The maximum absolute atomic E-state index is 13.2. The Hall–Kier alpha value is -4.90. The fraction of sp³-hybridized carbons (Fsp3) is 0.375. The van der Waals surface area contributed by atoms with Gasteiger partial charge in [0.15, 0.2) is 5.70 Å². The van der Waals surface area contributed by atoms with Crippen molar-refractivity contribution in [2.75, 3.05) is 6.54 Å². The standard InChI is InChI=1S/C28H33N5O2.2C2HF3O2/c1-2-24(34)10-4-3-5-11-25(28(35)29-15-14-20-17-31-32-18-20)27-30-19-26(33-27)23-13-12-21-8-6-7-9-22(21)16-23;2*3-2(4,5)1(6)7/h6-9,12-13,16-19,25H,2-5,10-11,14-15H2,1H3,(H,29,35)(H,30,33)(H,31,32);2*(H,6,7). The summed E-state index contributed by atoms with van der Waals surface area (Å²) in [7, 11) is 0. The lowest BCUT2D eigenvalue weighted by Gasteiger charge is -2.15. The number of alkyl halides is 6. The third-order valence-electron chi connectivity index (χ3n) is 7.05. The molecule has 0 saturated heterocycles. The normalized spacial score (nSPS) is 14.4. The van der Waals surface area contributed by atoms with E-state index in [0.29, 0.717) is 25.2 Å². The number of nitrogens with zero attached hydrogens (tertiary/aromatic N) is 2. The van der Waals surface area contributed by atoms with Gasteiger partial charge in [-0.05, 0) is 42.2 Å². The smallest absolute Gasteiger partial charge is 0.430 e. The number of amidine groups is 1. The Morgan fingerprint density at radius 3 is 2.10 bits per heavy atom. The molecule has 2 aliphatic heterocycles. The van der Waals surface area contributed by atoms with Crippen LogP contribution in [0.1, 0.15) is 57.4 Å². The summed E-state index contributed by atoms with van der Waals surface area (Å²) in [5.74, 6) is -5.19. The molecule has 0 radical (unpaired) electrons. The molecule has 0 aromatic heterocycles. The number of fused-ring (bicyclic) bond motifs is 1. The number of Topliss-reactive ketones (excluding diaryl/α,β-unsaturated/α-hetero) is 1. The van der Waals surface area contributed by atoms with Crippen molar-refractivity contribution in [3.8, 4) is 0 Å². The third-order valence-corrected chi connectivity index (χ3v) is 7.05. The van der Waals surface area contributed by atoms with Crippen molar-refractivity contribution in [3.63, 3.8) is 0 Å². The number of hydrogen-bond acceptors (Lipinski definition) is 8. The summed E-state index contributed by atoms with van der Waals surface area (Å²) in [6.45, 7) is 2.48. The molecule has 1 atom stereocenters. The summed E-state index contributed by atoms with van der Waals surface area (Å²) in [4.78, 5) is 47.0. The molecule has 2 aromatic rings. The number of aliphatic imine (C=N–C) groups is 1. The molecule has 2 aromatic carbocycles. The molecular formula is C32H35F6N5O6. The highest BCUT2D eigenvalue weighted by atomic mass is 19.4. The van der Waals surface area contributed by atoms with Crippen LogP contribution in [0, 0.1) is 5.92 Å². The van der Waals surface area contributed by atoms with Crippen molar-refractivity contribution in [1.82, 2.24) is 5.32 Å². The second-order valence-electron chi connectivity index (χ2n) is 10.7. The fourth-order valence-electron chi connectivity index (χ4n) is 4.45. The largest absolute Gasteiger partial charge is 0.542 e. The molecule has 1 unspecified atom stereocenters. The minimum atomic E-state index is -5.19. The highest BCUT2D eigenvalue weighted by Gasteiger charge is 2.32. The van der Waals surface area contributed by atoms with Crippen LogP contribution in [0.2, 0.25) is 0 Å². The number of quaternary nitrogens is 2. The number of carboxylic acids is 2. The zero-order valence-corrected chi connectivity index (χ0v) is 26.3. The first kappa shape index (κ1) is 40.3. The lowest BCUT2D eigenvalue weighted by Crippen LogP contribution is -2.85. The molecule has 266 valence electrons. The van der Waals surface area contributed by atoms with Gasteiger partial charge >= 0.3 is 12.4 Å². The number of carboxylic acid groups (broad SMARTS) is 2. The molecule has 5 N–H and O–H groups in total. The predicted octanol–water partition coefficient (Wildman–Crippen LogP) is 1.21. The van der Waals surface area contributed by atoms with E-state index in [0.717, 1.165) is 54.8 Å². The Bertz CT molecular complexity index is 1580. The number of nitrogens with two attached hydrogens (primary N) is 2. The number of aliphatic carboxylic acids is 2. The van der Waals surface area contributed by atoms with Crippen molar-refractivity contribution in [2.24, 2.45) is 16.0 Å². The van der Waals surface area contributed by atoms with Crippen molar-refractivity contribution in [1.29, 1.82) is 0 Å². The van der Waals surface area contributed by atoms with Gasteiger partial charge in [0.1, 0.15) is 29.8 Å². The molecule has 0 aliphatic carbocycles. The summed E-state index contributed by atoms with van der Waals surface area (Å²) in [6, 6.07) is 14.7. The molecule has 1 amide bonds. The third kappa shape index (κ3) is 14.4. The van der Waals surface area contributed by atoms with Gasteiger partial charge in [-0.15, -0.1) is 0 Å². The lowest BCUT2D eigenvalue weighted by atomic mass is 9.97. The first-order chi connectivity index (χ1) is 23.0. The average molecular weight is 700 g/mol. The number of unbranched alkanes of at least 4 members (excludes halogenated alkanes) is 2. The summed E-state index contributed by atoms with van der Waals surface area (Å²) < 4.78 is 63.1. The van der Waals surface area contributed by atoms with E-state index in [2.05, 4.69) is 51.1 Å². The SMILES string of the molecule is CCC(=O)CCCCCC(C(=O)NCCC1=C[NH2+]N=C1)C1=NC=C(c2ccc3ccccc3c2)[NH2+]1.O=C([O-])C(F)(F)F.O=C([O-])C(F)(F)F. The van der Waals surface area contributed by atoms with Gasteiger partial charge in [-0.1, -0.05) is 55.2 Å². The number of hydrogen-bond donors (Lipinski definition) is 3. The number of ketones is 1. The van der Waals surface area contributed by atoms with Crippen LogP contribution in [0.15, 0.2) is 70.5 Å². The van der Waals surface area contributed by atoms with E-state index in [1.807, 2.05) is 37.7 Å². The number of benzene rings is 2. The Kier molecular flexibility index (Phi) is 15.8. The highest BCUT2D eigenvalue weighted by Crippen LogP contribution is 2.21. The van der Waals surface area contributed by atoms with Gasteiger partial charge in [0, 0.05) is 30.5 Å². The first-order valence-electron chi connectivity index (χ1n) is 15.1. The number of carbonyl (C=O) groups excluding carboxylic acids is 4. The molecule has 17 heteroatoms. The molecular weight excluding hydrogens is 664 g/mol. The van der Waals surface area contributed by atoms with Crippen LogP contribution in [0.25, 0.3) is 16.5 Å². The van der Waals surface area contributed by atoms with Crippen LogP contribution in [-0.4, -0.2) is 54.6 Å². The second kappa shape index (κ2) is 19.2. The number of carbonyl (C=O) groups is 4. The Labute approximate surface area is 276 Å². The minimum absolute atomic E-state index is 0.0114. The van der Waals surface area contributed by atoms with Gasteiger partial charge in [0.05, 0.1) is 12.4 Å². The van der Waals surface area contributed by atoms with Crippen LogP contribution in [-0.2, 0) is 19.2 Å². The molecule has 2 heterocycles. The van der Waals surface area contributed by atoms with Gasteiger partial charge in [0.25, 0.3) is 0 Å². The molecule has 4 rings (SSSR count). The van der Waals surface area contributed by atoms with Crippen molar-refractivity contribution in [3.05, 3.63) is 66.0 Å². The fourth-order valence-corrected chi connectivity index (χ4v) is 4.45. The van der Waals surface area contributed by atoms with Crippen LogP contribution in [0.4, 0.5) is 26.3 Å². The number of rotatable bonds is 13. The van der Waals surface area contributed by atoms with Crippen molar-refractivity contribution >= 4 is 52.1 Å². The van der Waals surface area contributed by atoms with E-state index in [4.69, 9.17) is 19.8 Å². The van der Waals surface area contributed by atoms with E-state index in [9.17, 15) is 35.9 Å². The van der Waals surface area contributed by atoms with Crippen LogP contribution in [0.3, 0.4) is 0 Å². The predicted molar refractivity (Wildman–Crippen MR) is 161 cm³/mol. The van der Waals surface area contributed by atoms with Crippen molar-refractivity contribution in [2.45, 2.75) is 64.2 Å². The molecule has 49 heavy (non-hydrogen) atoms. The molecule has 0 saturated carbocycles. The summed E-state index contributed by atoms with van der Waals surface area (Å²) >= 11 is 0. The maximum atomic E-state index is 13.2. The maximum Gasteiger partial charge on any atom is 0.430 e. The first-order valence-corrected chi connectivity index (χ1v) is 15.1. The monoisotopic (exact) mass is 699 g/mol. The van der Waals surface area contributed by atoms with E-state index < -0.39 is 24.3 Å². The zero-order valence-electron chi connectivity index (χ0n) is 26.3. The van der Waals surface area contributed by atoms with E-state index >= 15 is 0 Å². The quantitative estimate of drug-likeness (QED) is 0.160. The number of nitrogens with one attached hydrogen (secondary N) is 1. The van der Waals surface area contributed by atoms with E-state index in [1.165, 1.54) is 10.8 Å². The molecule has 11 nitrogen and oxygen atoms in total. The topological polar surface area (TPSA) is 184 Å². The van der Waals surface area contributed by atoms with Crippen LogP contribution >= 0.6 is 0 Å². The molecule has 0 spiro atoms. The van der Waals surface area contributed by atoms with Gasteiger partial charge in [-0.2, -0.15) is 31.8 Å². The average Bonchev–Trinajstić information content (AvgIpc) is 3.75. The number of amides is 1. The second-order valence-corrected chi connectivity index (χ2v) is 10.7. The van der Waals surface area contributed by atoms with Crippen LogP contribution in [0.5, 0.6) is 0 Å². The van der Waals surface area contributed by atoms with E-state index in [-0.39, 0.29) is 11.8 Å². The number of halogens is 6. The van der Waals surface area contributed by atoms with Gasteiger partial charge in [-0.25, -0.2) is 4.99 Å². The summed E-state index contributed by atoms with van der Waals surface area (Å²) in [5, 5.41) is 29.2. The highest BCUT2D eigenvalue weighted by molar-refractivity contribution is 6.01. The molecule has 0 bridgehead atoms. The Morgan fingerprint density at radius 1 is 0.898 bits per heavy atom. The Morgan fingerprint density at radius 2 is 1.53 bits per heavy atom. The van der Waals surface area contributed by atoms with E-state index in [1.54, 1.807) is 5.43 Å². The summed E-state index contributed by atoms with van der Waals surface area (Å²) in [5.41, 5.74) is 5.02. The van der Waals surface area contributed by atoms with Gasteiger partial charge < -0.3 is 25.1 Å². The van der Waals surface area contributed by atoms with Crippen molar-refractivity contribution < 1.29 is 66.5 Å². The Balaban J connectivity index is 0.000000500. The van der Waals surface area contributed by atoms with Gasteiger partial charge in [-0.3, -0.25) is 14.9 Å². The summed E-state index contributed by atoms with van der Waals surface area (Å²) in [6.07, 6.45) is 0.684. The van der Waals surface area contributed by atoms with Crippen LogP contribution < -0.4 is 26.3 Å².